The number of benzene rings is 1. The van der Waals surface area contributed by atoms with Crippen LogP contribution in [-0.4, -0.2) is 36.7 Å². The number of amides is 1. The fourth-order valence-corrected chi connectivity index (χ4v) is 3.41. The number of nitrogens with two attached hydrogens (primary N) is 1. The van der Waals surface area contributed by atoms with Crippen LogP contribution in [0.15, 0.2) is 38.8 Å². The van der Waals surface area contributed by atoms with Crippen LogP contribution in [0.3, 0.4) is 0 Å². The molecule has 1 aromatic carbocycles. The molecule has 0 spiro atoms. The van der Waals surface area contributed by atoms with Gasteiger partial charge in [0.05, 0.1) is 4.90 Å². The first kappa shape index (κ1) is 21.4. The number of carbonyl (C=O) groups is 1. The predicted molar refractivity (Wildman–Crippen MR) is 108 cm³/mol. The molecule has 0 unspecified atom stereocenters. The number of sulfone groups is 1. The lowest BCUT2D eigenvalue weighted by Crippen LogP contribution is -2.41. The van der Waals surface area contributed by atoms with E-state index in [0.29, 0.717) is 13.0 Å². The Morgan fingerprint density at radius 2 is 1.79 bits per heavy atom. The van der Waals surface area contributed by atoms with E-state index in [4.69, 9.17) is 5.73 Å². The Morgan fingerprint density at radius 3 is 2.29 bits per heavy atom. The molecule has 2 rings (SSSR count). The number of unbranched alkanes of at least 4 members (excludes halogenated alkanes) is 1. The summed E-state index contributed by atoms with van der Waals surface area (Å²) < 4.78 is 24.4. The molecule has 0 radical (unpaired) electrons. The summed E-state index contributed by atoms with van der Waals surface area (Å²) in [4.78, 5) is 40.8. The van der Waals surface area contributed by atoms with Crippen molar-refractivity contribution < 1.29 is 13.2 Å². The van der Waals surface area contributed by atoms with Gasteiger partial charge in [0.25, 0.3) is 11.5 Å². The van der Waals surface area contributed by atoms with E-state index in [9.17, 15) is 22.8 Å². The van der Waals surface area contributed by atoms with Crippen LogP contribution in [-0.2, 0) is 16.4 Å². The number of H-pyrrole nitrogens is 1. The maximum Gasteiger partial charge on any atom is 0.330 e. The average Bonchev–Trinajstić information content (AvgIpc) is 2.63. The van der Waals surface area contributed by atoms with Gasteiger partial charge in [-0.05, 0) is 37.6 Å². The van der Waals surface area contributed by atoms with Gasteiger partial charge in [-0.3, -0.25) is 19.1 Å². The molecular weight excluding hydrogens is 384 g/mol. The number of aromatic amines is 1. The fourth-order valence-electron chi connectivity index (χ4n) is 2.78. The second-order valence-corrected chi connectivity index (χ2v) is 8.36. The quantitative estimate of drug-likeness (QED) is 0.701. The topological polar surface area (TPSA) is 135 Å². The molecule has 1 amide bonds. The van der Waals surface area contributed by atoms with E-state index >= 15 is 0 Å². The Labute approximate surface area is 162 Å². The first-order chi connectivity index (χ1) is 13.1. The maximum atomic E-state index is 12.9. The van der Waals surface area contributed by atoms with Gasteiger partial charge in [0, 0.05) is 24.9 Å². The molecule has 0 bridgehead atoms. The predicted octanol–water partition coefficient (Wildman–Crippen LogP) is 0.989. The van der Waals surface area contributed by atoms with Crippen LogP contribution in [0.2, 0.25) is 0 Å². The molecule has 2 aromatic rings. The lowest BCUT2D eigenvalue weighted by molar-refractivity contribution is 0.0988. The zero-order chi connectivity index (χ0) is 21.1. The zero-order valence-corrected chi connectivity index (χ0v) is 16.9. The van der Waals surface area contributed by atoms with Crippen molar-refractivity contribution in [2.45, 2.75) is 38.1 Å². The van der Waals surface area contributed by atoms with Crippen molar-refractivity contribution in [3.63, 3.8) is 0 Å². The van der Waals surface area contributed by atoms with E-state index < -0.39 is 27.0 Å². The van der Waals surface area contributed by atoms with Crippen molar-refractivity contribution in [3.8, 4) is 0 Å². The van der Waals surface area contributed by atoms with Gasteiger partial charge in [-0.15, -0.1) is 0 Å². The first-order valence-corrected chi connectivity index (χ1v) is 10.8. The molecule has 3 N–H and O–H groups in total. The highest BCUT2D eigenvalue weighted by Gasteiger charge is 2.24. The molecule has 0 atom stereocenters. The van der Waals surface area contributed by atoms with E-state index in [0.717, 1.165) is 12.7 Å². The average molecular weight is 408 g/mol. The van der Waals surface area contributed by atoms with E-state index in [1.165, 1.54) is 33.7 Å². The third-order valence-electron chi connectivity index (χ3n) is 4.31. The van der Waals surface area contributed by atoms with Crippen molar-refractivity contribution in [1.82, 2.24) is 9.55 Å². The highest BCUT2D eigenvalue weighted by Crippen LogP contribution is 2.20. The summed E-state index contributed by atoms with van der Waals surface area (Å²) in [6.45, 7) is 4.07. The van der Waals surface area contributed by atoms with Gasteiger partial charge >= 0.3 is 5.69 Å². The molecule has 28 heavy (non-hydrogen) atoms. The molecule has 9 nitrogen and oxygen atoms in total. The van der Waals surface area contributed by atoms with Gasteiger partial charge in [0.2, 0.25) is 0 Å². The van der Waals surface area contributed by atoms with Crippen molar-refractivity contribution in [3.05, 3.63) is 50.7 Å². The molecule has 152 valence electrons. The Hall–Kier alpha value is -2.88. The Kier molecular flexibility index (Phi) is 6.45. The SMILES string of the molecule is CCCCn1c(N)c(N(CC)C(=O)c2ccc(S(C)(=O)=O)cc2)c(=O)[nH]c1=O. The van der Waals surface area contributed by atoms with Gasteiger partial charge < -0.3 is 10.6 Å². The van der Waals surface area contributed by atoms with E-state index in [1.807, 2.05) is 6.92 Å². The van der Waals surface area contributed by atoms with Crippen LogP contribution in [0.5, 0.6) is 0 Å². The Balaban J connectivity index is 2.51. The smallest absolute Gasteiger partial charge is 0.330 e. The van der Waals surface area contributed by atoms with Crippen LogP contribution in [0.4, 0.5) is 11.5 Å². The zero-order valence-electron chi connectivity index (χ0n) is 16.1. The molecule has 1 heterocycles. The van der Waals surface area contributed by atoms with Crippen molar-refractivity contribution >= 4 is 27.2 Å². The Bertz CT molecular complexity index is 1080. The van der Waals surface area contributed by atoms with E-state index in [1.54, 1.807) is 6.92 Å². The largest absolute Gasteiger partial charge is 0.383 e. The Morgan fingerprint density at radius 1 is 1.18 bits per heavy atom. The van der Waals surface area contributed by atoms with Crippen LogP contribution in [0.1, 0.15) is 37.0 Å². The van der Waals surface area contributed by atoms with Crippen LogP contribution >= 0.6 is 0 Å². The molecule has 1 aromatic heterocycles. The van der Waals surface area contributed by atoms with Crippen LogP contribution in [0, 0.1) is 0 Å². The van der Waals surface area contributed by atoms with Gasteiger partial charge in [0.15, 0.2) is 15.5 Å². The number of nitrogens with zero attached hydrogens (tertiary/aromatic N) is 2. The minimum absolute atomic E-state index is 0.0786. The number of aromatic nitrogens is 2. The lowest BCUT2D eigenvalue weighted by Gasteiger charge is -2.23. The molecule has 0 aliphatic heterocycles. The standard InChI is InChI=1S/C18H24N4O5S/c1-4-6-11-22-15(19)14(16(23)20-18(22)25)21(5-2)17(24)12-7-9-13(10-8-12)28(3,26)27/h7-10H,4-6,11,19H2,1-3H3,(H,20,23,25). The number of nitrogens with one attached hydrogen (secondary N) is 1. The number of hydrogen-bond donors (Lipinski definition) is 2. The third-order valence-corrected chi connectivity index (χ3v) is 5.44. The van der Waals surface area contributed by atoms with Gasteiger partial charge in [-0.25, -0.2) is 13.2 Å². The molecular formula is C18H24N4O5S. The third kappa shape index (κ3) is 4.33. The van der Waals surface area contributed by atoms with Crippen molar-refractivity contribution in [2.75, 3.05) is 23.4 Å². The number of hydrogen-bond acceptors (Lipinski definition) is 6. The van der Waals surface area contributed by atoms with E-state index in [2.05, 4.69) is 4.98 Å². The highest BCUT2D eigenvalue weighted by atomic mass is 32.2. The molecule has 0 aliphatic carbocycles. The number of carbonyl (C=O) groups excluding carboxylic acids is 1. The molecule has 0 aliphatic rings. The van der Waals surface area contributed by atoms with Gasteiger partial charge in [-0.1, -0.05) is 13.3 Å². The summed E-state index contributed by atoms with van der Waals surface area (Å²) in [7, 11) is -3.39. The molecule has 0 saturated heterocycles. The minimum Gasteiger partial charge on any atom is -0.383 e. The van der Waals surface area contributed by atoms with Crippen LogP contribution in [0.25, 0.3) is 0 Å². The summed E-state index contributed by atoms with van der Waals surface area (Å²) in [5.41, 5.74) is 4.79. The first-order valence-electron chi connectivity index (χ1n) is 8.86. The summed E-state index contributed by atoms with van der Waals surface area (Å²) in [6, 6.07) is 5.40. The summed E-state index contributed by atoms with van der Waals surface area (Å²) in [5.74, 6) is -0.606. The number of nitrogen functional groups attached to an aromatic ring is 1. The minimum atomic E-state index is -3.39. The van der Waals surface area contributed by atoms with Gasteiger partial charge in [-0.2, -0.15) is 0 Å². The maximum absolute atomic E-state index is 12.9. The summed E-state index contributed by atoms with van der Waals surface area (Å²) in [6.07, 6.45) is 2.58. The summed E-state index contributed by atoms with van der Waals surface area (Å²) >= 11 is 0. The number of rotatable bonds is 7. The lowest BCUT2D eigenvalue weighted by atomic mass is 10.2. The summed E-state index contributed by atoms with van der Waals surface area (Å²) in [5, 5.41) is 0. The second-order valence-electron chi connectivity index (χ2n) is 6.34. The second kappa shape index (κ2) is 8.42. The monoisotopic (exact) mass is 408 g/mol. The van der Waals surface area contributed by atoms with Crippen molar-refractivity contribution in [1.29, 1.82) is 0 Å². The van der Waals surface area contributed by atoms with Crippen LogP contribution < -0.4 is 21.9 Å². The highest BCUT2D eigenvalue weighted by molar-refractivity contribution is 7.90. The normalized spacial score (nSPS) is 11.4. The molecule has 10 heteroatoms. The number of anilines is 2. The molecule has 0 saturated carbocycles. The fraction of sp³-hybridized carbons (Fsp3) is 0.389. The molecule has 0 fully saturated rings. The van der Waals surface area contributed by atoms with E-state index in [-0.39, 0.29) is 28.5 Å². The van der Waals surface area contributed by atoms with Crippen molar-refractivity contribution in [2.24, 2.45) is 0 Å². The van der Waals surface area contributed by atoms with Gasteiger partial charge in [0.1, 0.15) is 5.82 Å².